The lowest BCUT2D eigenvalue weighted by Crippen LogP contribution is -2.30. The third-order valence-electron chi connectivity index (χ3n) is 13.3. The van der Waals surface area contributed by atoms with Crippen LogP contribution in [0, 0.1) is 0 Å². The summed E-state index contributed by atoms with van der Waals surface area (Å²) in [6, 6.07) is 0. The molecule has 0 fully saturated rings. The first kappa shape index (κ1) is 71.1. The van der Waals surface area contributed by atoms with Gasteiger partial charge in [-0.15, -0.1) is 0 Å². The Bertz CT molecular complexity index is 1520. The van der Waals surface area contributed by atoms with Crippen molar-refractivity contribution in [2.24, 2.45) is 0 Å². The van der Waals surface area contributed by atoms with E-state index in [1.165, 1.54) is 128 Å². The van der Waals surface area contributed by atoms with E-state index in [9.17, 15) is 14.4 Å². The Hall–Kier alpha value is -3.93. The van der Waals surface area contributed by atoms with Crippen LogP contribution < -0.4 is 0 Å². The van der Waals surface area contributed by atoms with E-state index in [0.717, 1.165) is 122 Å². The smallest absolute Gasteiger partial charge is 0.306 e. The maximum atomic E-state index is 12.8. The zero-order chi connectivity index (χ0) is 54.3. The molecule has 0 aliphatic heterocycles. The van der Waals surface area contributed by atoms with Crippen molar-refractivity contribution < 1.29 is 28.6 Å². The van der Waals surface area contributed by atoms with Crippen LogP contribution in [-0.2, 0) is 28.6 Å². The zero-order valence-corrected chi connectivity index (χ0v) is 49.0. The quantitative estimate of drug-likeness (QED) is 0.0261. The van der Waals surface area contributed by atoms with Crippen LogP contribution in [0.5, 0.6) is 0 Å². The molecule has 0 radical (unpaired) electrons. The fourth-order valence-electron chi connectivity index (χ4n) is 8.61. The predicted octanol–water partition coefficient (Wildman–Crippen LogP) is 21.4. The molecule has 0 aromatic heterocycles. The van der Waals surface area contributed by atoms with Gasteiger partial charge in [-0.1, -0.05) is 291 Å². The van der Waals surface area contributed by atoms with Crippen LogP contribution in [0.3, 0.4) is 0 Å². The van der Waals surface area contributed by atoms with Crippen LogP contribution in [0.2, 0.25) is 0 Å². The minimum atomic E-state index is -0.789. The summed E-state index contributed by atoms with van der Waals surface area (Å²) in [6.07, 6.45) is 85.5. The number of ether oxygens (including phenoxy) is 3. The highest BCUT2D eigenvalue weighted by atomic mass is 16.6. The van der Waals surface area contributed by atoms with E-state index >= 15 is 0 Å². The van der Waals surface area contributed by atoms with Crippen LogP contribution >= 0.6 is 0 Å². The van der Waals surface area contributed by atoms with Gasteiger partial charge in [-0.3, -0.25) is 14.4 Å². The molecule has 0 amide bonds. The van der Waals surface area contributed by atoms with Crippen molar-refractivity contribution in [2.75, 3.05) is 13.2 Å². The van der Waals surface area contributed by atoms with E-state index in [2.05, 4.69) is 130 Å². The topological polar surface area (TPSA) is 78.9 Å². The molecule has 75 heavy (non-hydrogen) atoms. The van der Waals surface area contributed by atoms with E-state index in [-0.39, 0.29) is 31.1 Å². The van der Waals surface area contributed by atoms with E-state index < -0.39 is 6.10 Å². The molecule has 0 spiro atoms. The first-order chi connectivity index (χ1) is 37.0. The minimum absolute atomic E-state index is 0.0865. The van der Waals surface area contributed by atoms with E-state index in [4.69, 9.17) is 14.2 Å². The summed E-state index contributed by atoms with van der Waals surface area (Å²) in [6.45, 7) is 6.48. The standard InChI is InChI=1S/C69H116O6/c1-4-7-10-13-16-18-20-22-24-26-28-29-30-31-32-33-34-35-36-37-38-39-41-42-44-46-48-50-53-56-59-62-68(71)74-65-66(64-73-67(70)61-58-55-52-15-12-9-6-3)75-69(72)63-60-57-54-51-49-47-45-43-40-27-25-23-21-19-17-14-11-8-5-2/h7,10,16,18,22,24,28-29,31-32,34-35,37-38,41-42,46,48,66H,4-6,8-9,11-15,17,19-21,23,25-27,30,33,36,39-40,43-45,47,49-65H2,1-3H3/b10-7-,18-16-,24-22-,29-28-,32-31-,35-34-,38-37-,42-41-,48-46-. The largest absolute Gasteiger partial charge is 0.462 e. The highest BCUT2D eigenvalue weighted by Gasteiger charge is 2.19. The minimum Gasteiger partial charge on any atom is -0.462 e. The molecular weight excluding hydrogens is 925 g/mol. The van der Waals surface area contributed by atoms with Gasteiger partial charge in [0.15, 0.2) is 6.10 Å². The van der Waals surface area contributed by atoms with Gasteiger partial charge in [0.2, 0.25) is 0 Å². The molecule has 1 atom stereocenters. The molecule has 0 aliphatic carbocycles. The molecule has 0 heterocycles. The van der Waals surface area contributed by atoms with Gasteiger partial charge >= 0.3 is 17.9 Å². The zero-order valence-electron chi connectivity index (χ0n) is 49.0. The third-order valence-corrected chi connectivity index (χ3v) is 13.3. The number of hydrogen-bond acceptors (Lipinski definition) is 6. The maximum Gasteiger partial charge on any atom is 0.306 e. The Morgan fingerprint density at radius 2 is 0.520 bits per heavy atom. The van der Waals surface area contributed by atoms with Crippen molar-refractivity contribution in [3.8, 4) is 0 Å². The van der Waals surface area contributed by atoms with E-state index in [0.29, 0.717) is 19.3 Å². The third kappa shape index (κ3) is 60.8. The van der Waals surface area contributed by atoms with Gasteiger partial charge in [-0.25, -0.2) is 0 Å². The van der Waals surface area contributed by atoms with Crippen molar-refractivity contribution in [3.05, 3.63) is 109 Å². The van der Waals surface area contributed by atoms with Crippen molar-refractivity contribution >= 4 is 17.9 Å². The summed E-state index contributed by atoms with van der Waals surface area (Å²) in [7, 11) is 0. The SMILES string of the molecule is CC/C=C\C/C=C\C/C=C\C/C=C\C/C=C\C/C=C\C/C=C\C/C=C\C/C=C\CCCCCC(=O)OCC(COC(=O)CCCCCCCCC)OC(=O)CCCCCCCCCCCCCCCCCCCCC. The Morgan fingerprint density at radius 3 is 0.813 bits per heavy atom. The lowest BCUT2D eigenvalue weighted by Gasteiger charge is -2.18. The van der Waals surface area contributed by atoms with Crippen molar-refractivity contribution in [1.82, 2.24) is 0 Å². The molecule has 1 unspecified atom stereocenters. The van der Waals surface area contributed by atoms with Gasteiger partial charge in [0.05, 0.1) is 0 Å². The predicted molar refractivity (Wildman–Crippen MR) is 325 cm³/mol. The van der Waals surface area contributed by atoms with Gasteiger partial charge in [0, 0.05) is 19.3 Å². The van der Waals surface area contributed by atoms with Crippen LogP contribution in [0.15, 0.2) is 109 Å². The molecule has 0 aliphatic rings. The average Bonchev–Trinajstić information content (AvgIpc) is 3.41. The second-order valence-electron chi connectivity index (χ2n) is 20.6. The van der Waals surface area contributed by atoms with Gasteiger partial charge < -0.3 is 14.2 Å². The highest BCUT2D eigenvalue weighted by Crippen LogP contribution is 2.16. The number of carbonyl (C=O) groups excluding carboxylic acids is 3. The molecular formula is C69H116O6. The lowest BCUT2D eigenvalue weighted by atomic mass is 10.0. The number of allylic oxidation sites excluding steroid dienone is 18. The van der Waals surface area contributed by atoms with Crippen molar-refractivity contribution in [1.29, 1.82) is 0 Å². The van der Waals surface area contributed by atoms with Crippen molar-refractivity contribution in [2.45, 2.75) is 297 Å². The molecule has 0 rings (SSSR count). The average molecular weight is 1040 g/mol. The Morgan fingerprint density at radius 1 is 0.280 bits per heavy atom. The number of rotatable bonds is 56. The molecule has 0 aromatic rings. The first-order valence-corrected chi connectivity index (χ1v) is 31.4. The summed E-state index contributed by atoms with van der Waals surface area (Å²) in [4.78, 5) is 38.0. The normalized spacial score (nSPS) is 12.8. The molecule has 428 valence electrons. The molecule has 0 aromatic carbocycles. The number of esters is 3. The number of unbranched alkanes of at least 4 members (excludes halogenated alkanes) is 27. The number of hydrogen-bond donors (Lipinski definition) is 0. The monoisotopic (exact) mass is 1040 g/mol. The van der Waals surface area contributed by atoms with Gasteiger partial charge in [0.1, 0.15) is 13.2 Å². The van der Waals surface area contributed by atoms with Gasteiger partial charge in [0.25, 0.3) is 0 Å². The Labute approximate surface area is 463 Å². The van der Waals surface area contributed by atoms with Crippen molar-refractivity contribution in [3.63, 3.8) is 0 Å². The summed E-state index contributed by atoms with van der Waals surface area (Å²) < 4.78 is 16.8. The summed E-state index contributed by atoms with van der Waals surface area (Å²) in [5.74, 6) is -0.920. The molecule has 0 saturated carbocycles. The van der Waals surface area contributed by atoms with Gasteiger partial charge in [-0.05, 0) is 89.9 Å². The second-order valence-corrected chi connectivity index (χ2v) is 20.6. The van der Waals surface area contributed by atoms with E-state index in [1.807, 2.05) is 0 Å². The number of carbonyl (C=O) groups is 3. The lowest BCUT2D eigenvalue weighted by molar-refractivity contribution is -0.167. The Kier molecular flexibility index (Phi) is 59.3. The van der Waals surface area contributed by atoms with Crippen LogP contribution in [-0.4, -0.2) is 37.2 Å². The fourth-order valence-corrected chi connectivity index (χ4v) is 8.61. The summed E-state index contributed by atoms with van der Waals surface area (Å²) >= 11 is 0. The molecule has 0 bridgehead atoms. The van der Waals surface area contributed by atoms with Crippen LogP contribution in [0.1, 0.15) is 290 Å². The van der Waals surface area contributed by atoms with Crippen LogP contribution in [0.25, 0.3) is 0 Å². The summed E-state index contributed by atoms with van der Waals surface area (Å²) in [5, 5.41) is 0. The Balaban J connectivity index is 4.23. The highest BCUT2D eigenvalue weighted by molar-refractivity contribution is 5.71. The second kappa shape index (κ2) is 62.6. The summed E-state index contributed by atoms with van der Waals surface area (Å²) in [5.41, 5.74) is 0. The molecule has 6 nitrogen and oxygen atoms in total. The fraction of sp³-hybridized carbons (Fsp3) is 0.696. The molecule has 0 N–H and O–H groups in total. The van der Waals surface area contributed by atoms with E-state index in [1.54, 1.807) is 0 Å². The maximum absolute atomic E-state index is 12.8. The first-order valence-electron chi connectivity index (χ1n) is 31.4. The van der Waals surface area contributed by atoms with Crippen LogP contribution in [0.4, 0.5) is 0 Å². The van der Waals surface area contributed by atoms with Gasteiger partial charge in [-0.2, -0.15) is 0 Å². The molecule has 0 saturated heterocycles. The molecule has 6 heteroatoms.